The number of nitrogens with two attached hydrogens (primary N) is 1. The highest BCUT2D eigenvalue weighted by atomic mass is 35.5. The normalized spacial score (nSPS) is 13.9. The lowest BCUT2D eigenvalue weighted by Crippen LogP contribution is -2.33. The summed E-state index contributed by atoms with van der Waals surface area (Å²) < 4.78 is 13.9. The van der Waals surface area contributed by atoms with E-state index in [1.54, 1.807) is 32.9 Å². The van der Waals surface area contributed by atoms with E-state index in [-0.39, 0.29) is 18.0 Å². The van der Waals surface area contributed by atoms with Gasteiger partial charge in [-0.15, -0.1) is 0 Å². The van der Waals surface area contributed by atoms with Gasteiger partial charge in [-0.2, -0.15) is 0 Å². The average molecular weight is 246 g/mol. The summed E-state index contributed by atoms with van der Waals surface area (Å²) in [5.41, 5.74) is 6.14. The maximum absolute atomic E-state index is 13.9. The number of aryl methyl sites for hydroxylation is 1. The minimum Gasteiger partial charge on any atom is -0.396 e. The predicted octanol–water partition coefficient (Wildman–Crippen LogP) is 2.81. The van der Waals surface area contributed by atoms with Crippen LogP contribution in [0.15, 0.2) is 12.1 Å². The van der Waals surface area contributed by atoms with Crippen LogP contribution < -0.4 is 5.73 Å². The highest BCUT2D eigenvalue weighted by Gasteiger charge is 2.31. The Morgan fingerprint density at radius 3 is 2.56 bits per heavy atom. The number of aliphatic hydroxyl groups excluding tert-OH is 1. The molecule has 0 aliphatic heterocycles. The molecule has 3 N–H and O–H groups in total. The molecular weight excluding hydrogens is 229 g/mol. The summed E-state index contributed by atoms with van der Waals surface area (Å²) in [7, 11) is 0. The van der Waals surface area contributed by atoms with Gasteiger partial charge in [0.15, 0.2) is 0 Å². The highest BCUT2D eigenvalue weighted by molar-refractivity contribution is 6.31. The molecule has 90 valence electrons. The van der Waals surface area contributed by atoms with Gasteiger partial charge in [-0.25, -0.2) is 4.39 Å². The zero-order chi connectivity index (χ0) is 12.5. The zero-order valence-corrected chi connectivity index (χ0v) is 10.5. The Kier molecular flexibility index (Phi) is 3.94. The standard InChI is InChI=1S/C12H17ClFNO/c1-7-4-5-8(13)9(10(7)14)11(15)12(2,3)6-16/h4-5,11,16H,6,15H2,1-3H3/t11-/m1/s1. The molecule has 1 atom stereocenters. The van der Waals surface area contributed by atoms with E-state index in [0.717, 1.165) is 0 Å². The number of benzene rings is 1. The first kappa shape index (κ1) is 13.4. The fourth-order valence-corrected chi connectivity index (χ4v) is 1.72. The SMILES string of the molecule is Cc1ccc(Cl)c([C@@H](N)C(C)(C)CO)c1F. The number of halogens is 2. The van der Waals surface area contributed by atoms with E-state index in [4.69, 9.17) is 17.3 Å². The van der Waals surface area contributed by atoms with Crippen molar-refractivity contribution in [3.8, 4) is 0 Å². The summed E-state index contributed by atoms with van der Waals surface area (Å²) in [6.07, 6.45) is 0. The van der Waals surface area contributed by atoms with E-state index in [2.05, 4.69) is 0 Å². The molecule has 16 heavy (non-hydrogen) atoms. The first-order valence-electron chi connectivity index (χ1n) is 5.12. The molecule has 0 saturated heterocycles. The van der Waals surface area contributed by atoms with Gasteiger partial charge < -0.3 is 10.8 Å². The molecule has 0 heterocycles. The number of hydrogen-bond donors (Lipinski definition) is 2. The molecule has 0 radical (unpaired) electrons. The third-order valence-electron chi connectivity index (χ3n) is 2.88. The molecule has 1 aromatic rings. The molecule has 4 heteroatoms. The summed E-state index contributed by atoms with van der Waals surface area (Å²) in [5, 5.41) is 9.53. The topological polar surface area (TPSA) is 46.2 Å². The lowest BCUT2D eigenvalue weighted by molar-refractivity contribution is 0.131. The molecule has 0 aliphatic rings. The lowest BCUT2D eigenvalue weighted by Gasteiger charge is -2.30. The third-order valence-corrected chi connectivity index (χ3v) is 3.21. The second-order valence-electron chi connectivity index (χ2n) is 4.72. The predicted molar refractivity (Wildman–Crippen MR) is 63.9 cm³/mol. The highest BCUT2D eigenvalue weighted by Crippen LogP contribution is 2.36. The van der Waals surface area contributed by atoms with Crippen LogP contribution in [0.5, 0.6) is 0 Å². The van der Waals surface area contributed by atoms with E-state index in [1.165, 1.54) is 0 Å². The maximum Gasteiger partial charge on any atom is 0.132 e. The van der Waals surface area contributed by atoms with Crippen LogP contribution >= 0.6 is 11.6 Å². The second kappa shape index (κ2) is 4.70. The average Bonchev–Trinajstić information content (AvgIpc) is 2.24. The summed E-state index contributed by atoms with van der Waals surface area (Å²) in [5.74, 6) is -0.387. The Hall–Kier alpha value is -0.640. The Balaban J connectivity index is 3.28. The van der Waals surface area contributed by atoms with Crippen molar-refractivity contribution in [3.63, 3.8) is 0 Å². The smallest absolute Gasteiger partial charge is 0.132 e. The van der Waals surface area contributed by atoms with Gasteiger partial charge in [-0.3, -0.25) is 0 Å². The van der Waals surface area contributed by atoms with Crippen molar-refractivity contribution >= 4 is 11.6 Å². The first-order valence-corrected chi connectivity index (χ1v) is 5.50. The molecule has 2 nitrogen and oxygen atoms in total. The van der Waals surface area contributed by atoms with Gasteiger partial charge in [0.2, 0.25) is 0 Å². The van der Waals surface area contributed by atoms with Crippen LogP contribution in [-0.2, 0) is 0 Å². The summed E-state index contributed by atoms with van der Waals surface area (Å²) >= 11 is 5.96. The number of aliphatic hydroxyl groups is 1. The molecule has 0 bridgehead atoms. The van der Waals surface area contributed by atoms with Crippen LogP contribution in [0.25, 0.3) is 0 Å². The fraction of sp³-hybridized carbons (Fsp3) is 0.500. The first-order chi connectivity index (χ1) is 7.31. The third kappa shape index (κ3) is 2.37. The van der Waals surface area contributed by atoms with Crippen LogP contribution in [0.4, 0.5) is 4.39 Å². The van der Waals surface area contributed by atoms with Gasteiger partial charge >= 0.3 is 0 Å². The maximum atomic E-state index is 13.9. The monoisotopic (exact) mass is 245 g/mol. The minimum absolute atomic E-state index is 0.127. The van der Waals surface area contributed by atoms with Gasteiger partial charge in [0, 0.05) is 28.6 Å². The van der Waals surface area contributed by atoms with Crippen molar-refractivity contribution < 1.29 is 9.50 Å². The van der Waals surface area contributed by atoms with Crippen LogP contribution in [0, 0.1) is 18.2 Å². The molecule has 1 aromatic carbocycles. The Morgan fingerprint density at radius 2 is 2.06 bits per heavy atom. The number of rotatable bonds is 3. The molecule has 0 amide bonds. The van der Waals surface area contributed by atoms with Crippen LogP contribution in [0.3, 0.4) is 0 Å². The van der Waals surface area contributed by atoms with Crippen molar-refractivity contribution in [1.82, 2.24) is 0 Å². The van der Waals surface area contributed by atoms with E-state index in [9.17, 15) is 9.50 Å². The Labute approximate surface area is 100 Å². The van der Waals surface area contributed by atoms with E-state index < -0.39 is 11.5 Å². The van der Waals surface area contributed by atoms with Gasteiger partial charge in [0.05, 0.1) is 0 Å². The molecule has 0 aromatic heterocycles. The van der Waals surface area contributed by atoms with Gasteiger partial charge in [0.25, 0.3) is 0 Å². The largest absolute Gasteiger partial charge is 0.396 e. The van der Waals surface area contributed by atoms with E-state index >= 15 is 0 Å². The molecule has 0 unspecified atom stereocenters. The van der Waals surface area contributed by atoms with E-state index in [0.29, 0.717) is 10.6 Å². The lowest BCUT2D eigenvalue weighted by atomic mass is 9.81. The zero-order valence-electron chi connectivity index (χ0n) is 9.72. The van der Waals surface area contributed by atoms with Gasteiger partial charge in [0.1, 0.15) is 5.82 Å². The van der Waals surface area contributed by atoms with Gasteiger partial charge in [-0.05, 0) is 18.6 Å². The van der Waals surface area contributed by atoms with Crippen LogP contribution in [0.1, 0.15) is 31.0 Å². The van der Waals surface area contributed by atoms with Crippen molar-refractivity contribution in [2.24, 2.45) is 11.1 Å². The summed E-state index contributed by atoms with van der Waals surface area (Å²) in [4.78, 5) is 0. The Bertz CT molecular complexity index is 393. The van der Waals surface area contributed by atoms with Crippen molar-refractivity contribution in [1.29, 1.82) is 0 Å². The molecule has 0 spiro atoms. The minimum atomic E-state index is -0.634. The van der Waals surface area contributed by atoms with Crippen LogP contribution in [0.2, 0.25) is 5.02 Å². The molecule has 0 saturated carbocycles. The van der Waals surface area contributed by atoms with E-state index in [1.807, 2.05) is 0 Å². The fourth-order valence-electron chi connectivity index (χ4n) is 1.45. The summed E-state index contributed by atoms with van der Waals surface area (Å²) in [6, 6.07) is 2.60. The second-order valence-corrected chi connectivity index (χ2v) is 5.12. The Morgan fingerprint density at radius 1 is 1.50 bits per heavy atom. The van der Waals surface area contributed by atoms with Gasteiger partial charge in [-0.1, -0.05) is 31.5 Å². The van der Waals surface area contributed by atoms with Crippen LogP contribution in [-0.4, -0.2) is 11.7 Å². The van der Waals surface area contributed by atoms with Crippen molar-refractivity contribution in [2.75, 3.05) is 6.61 Å². The quantitative estimate of drug-likeness (QED) is 0.860. The van der Waals surface area contributed by atoms with Crippen molar-refractivity contribution in [3.05, 3.63) is 34.1 Å². The molecule has 0 aliphatic carbocycles. The number of hydrogen-bond acceptors (Lipinski definition) is 2. The summed E-state index contributed by atoms with van der Waals surface area (Å²) in [6.45, 7) is 5.08. The molecular formula is C12H17ClFNO. The molecule has 1 rings (SSSR count). The van der Waals surface area contributed by atoms with Crippen molar-refractivity contribution in [2.45, 2.75) is 26.8 Å². The molecule has 0 fully saturated rings.